The minimum atomic E-state index is -0.995. The molecule has 0 rings (SSSR count). The van der Waals surface area contributed by atoms with Crippen LogP contribution in [0.25, 0.3) is 0 Å². The van der Waals surface area contributed by atoms with Crippen molar-refractivity contribution in [2.24, 2.45) is 0 Å². The van der Waals surface area contributed by atoms with Gasteiger partial charge in [-0.3, -0.25) is 0 Å². The summed E-state index contributed by atoms with van der Waals surface area (Å²) in [7, 11) is 4.87. The highest BCUT2D eigenvalue weighted by molar-refractivity contribution is 5.63. The van der Waals surface area contributed by atoms with Crippen LogP contribution in [-0.2, 0) is 4.79 Å². The highest BCUT2D eigenvalue weighted by Crippen LogP contribution is 2.13. The fourth-order valence-corrected chi connectivity index (χ4v) is 3.46. The number of aliphatic carboxylic acids is 1. The minimum Gasteiger partial charge on any atom is -0.550 e. The maximum atomic E-state index is 9.26. The second-order valence-electron chi connectivity index (χ2n) is 9.06. The Labute approximate surface area is 177 Å². The summed E-state index contributed by atoms with van der Waals surface area (Å²) in [6.07, 6.45) is 23.1. The SMILES string of the molecule is CCC(=O)[O-].CCCCCCCCCC[N+](C)(C)CCCCCCCCCC. The third-order valence-electron chi connectivity index (χ3n) is 5.52. The fraction of sp³-hybridized carbons (Fsp3) is 0.960. The molecule has 0 saturated carbocycles. The molecule has 0 fully saturated rings. The van der Waals surface area contributed by atoms with Crippen LogP contribution < -0.4 is 5.11 Å². The number of nitrogens with zero attached hydrogens (tertiary/aromatic N) is 1. The van der Waals surface area contributed by atoms with E-state index in [1.807, 2.05) is 0 Å². The van der Waals surface area contributed by atoms with Crippen LogP contribution in [0.2, 0.25) is 0 Å². The van der Waals surface area contributed by atoms with E-state index >= 15 is 0 Å². The Morgan fingerprint density at radius 3 is 1.07 bits per heavy atom. The first-order chi connectivity index (χ1) is 13.4. The molecule has 0 heterocycles. The van der Waals surface area contributed by atoms with Gasteiger partial charge in [-0.05, 0) is 32.1 Å². The number of quaternary nitrogens is 1. The van der Waals surface area contributed by atoms with E-state index in [0.717, 1.165) is 0 Å². The number of hydrogen-bond donors (Lipinski definition) is 0. The van der Waals surface area contributed by atoms with Crippen molar-refractivity contribution < 1.29 is 14.4 Å². The van der Waals surface area contributed by atoms with Crippen molar-refractivity contribution in [3.8, 4) is 0 Å². The van der Waals surface area contributed by atoms with Crippen molar-refractivity contribution in [3.05, 3.63) is 0 Å². The van der Waals surface area contributed by atoms with Gasteiger partial charge >= 0.3 is 0 Å². The largest absolute Gasteiger partial charge is 0.550 e. The summed E-state index contributed by atoms with van der Waals surface area (Å²) < 4.78 is 1.24. The Bertz CT molecular complexity index is 294. The van der Waals surface area contributed by atoms with Crippen LogP contribution in [0.3, 0.4) is 0 Å². The van der Waals surface area contributed by atoms with Gasteiger partial charge in [-0.1, -0.05) is 97.8 Å². The number of carbonyl (C=O) groups is 1. The quantitative estimate of drug-likeness (QED) is 0.184. The second-order valence-corrected chi connectivity index (χ2v) is 9.06. The summed E-state index contributed by atoms with van der Waals surface area (Å²) in [6, 6.07) is 0. The van der Waals surface area contributed by atoms with E-state index in [-0.39, 0.29) is 6.42 Å². The van der Waals surface area contributed by atoms with Crippen LogP contribution >= 0.6 is 0 Å². The van der Waals surface area contributed by atoms with Crippen LogP contribution in [0.15, 0.2) is 0 Å². The number of carbonyl (C=O) groups excluding carboxylic acids is 1. The molecule has 0 saturated heterocycles. The lowest BCUT2D eigenvalue weighted by atomic mass is 10.1. The van der Waals surface area contributed by atoms with E-state index < -0.39 is 5.97 Å². The molecule has 3 nitrogen and oxygen atoms in total. The van der Waals surface area contributed by atoms with Crippen molar-refractivity contribution in [2.75, 3.05) is 27.2 Å². The molecule has 0 aromatic heterocycles. The van der Waals surface area contributed by atoms with Crippen LogP contribution in [-0.4, -0.2) is 37.6 Å². The number of hydrogen-bond acceptors (Lipinski definition) is 2. The molecule has 170 valence electrons. The van der Waals surface area contributed by atoms with Crippen molar-refractivity contribution in [1.29, 1.82) is 0 Å². The minimum absolute atomic E-state index is 0.111. The van der Waals surface area contributed by atoms with Crippen molar-refractivity contribution >= 4 is 5.97 Å². The Morgan fingerprint density at radius 2 is 0.821 bits per heavy atom. The smallest absolute Gasteiger partial charge is 0.0782 e. The molecular weight excluding hydrogens is 346 g/mol. The summed E-state index contributed by atoms with van der Waals surface area (Å²) in [6.45, 7) is 8.89. The van der Waals surface area contributed by atoms with E-state index in [1.54, 1.807) is 0 Å². The highest BCUT2D eigenvalue weighted by Gasteiger charge is 2.13. The van der Waals surface area contributed by atoms with Gasteiger partial charge in [-0.25, -0.2) is 0 Å². The summed E-state index contributed by atoms with van der Waals surface area (Å²) >= 11 is 0. The van der Waals surface area contributed by atoms with E-state index in [1.165, 1.54) is 127 Å². The van der Waals surface area contributed by atoms with Gasteiger partial charge in [-0.2, -0.15) is 0 Å². The van der Waals surface area contributed by atoms with Gasteiger partial charge < -0.3 is 14.4 Å². The summed E-state index contributed by atoms with van der Waals surface area (Å²) in [5, 5.41) is 9.26. The van der Waals surface area contributed by atoms with E-state index in [4.69, 9.17) is 0 Å². The average Bonchev–Trinajstić information content (AvgIpc) is 2.66. The lowest BCUT2D eigenvalue weighted by Gasteiger charge is -2.30. The molecule has 0 aromatic rings. The zero-order valence-corrected chi connectivity index (χ0v) is 20.2. The molecule has 0 atom stereocenters. The highest BCUT2D eigenvalue weighted by atomic mass is 16.4. The molecule has 0 unspecified atom stereocenters. The monoisotopic (exact) mass is 399 g/mol. The molecule has 0 aromatic carbocycles. The van der Waals surface area contributed by atoms with Crippen molar-refractivity contribution in [3.63, 3.8) is 0 Å². The molecule has 0 N–H and O–H groups in total. The lowest BCUT2D eigenvalue weighted by Crippen LogP contribution is -2.41. The van der Waals surface area contributed by atoms with Crippen LogP contribution in [0, 0.1) is 0 Å². The van der Waals surface area contributed by atoms with E-state index in [2.05, 4.69) is 27.9 Å². The summed E-state index contributed by atoms with van der Waals surface area (Å²) in [5.74, 6) is -0.995. The normalized spacial score (nSPS) is 11.2. The number of carboxylic acids is 1. The maximum absolute atomic E-state index is 9.26. The van der Waals surface area contributed by atoms with Gasteiger partial charge in [0.15, 0.2) is 0 Å². The first kappa shape index (κ1) is 29.6. The predicted molar refractivity (Wildman–Crippen MR) is 122 cm³/mol. The Kier molecular flexibility index (Phi) is 24.0. The fourth-order valence-electron chi connectivity index (χ4n) is 3.46. The van der Waals surface area contributed by atoms with Crippen LogP contribution in [0.5, 0.6) is 0 Å². The topological polar surface area (TPSA) is 40.1 Å². The van der Waals surface area contributed by atoms with Crippen LogP contribution in [0.4, 0.5) is 0 Å². The molecule has 3 heteroatoms. The van der Waals surface area contributed by atoms with Crippen molar-refractivity contribution in [2.45, 2.75) is 130 Å². The Hall–Kier alpha value is -0.570. The summed E-state index contributed by atoms with van der Waals surface area (Å²) in [4.78, 5) is 9.26. The Balaban J connectivity index is 0. The number of carboxylic acid groups (broad SMARTS) is 1. The third-order valence-corrected chi connectivity index (χ3v) is 5.52. The first-order valence-corrected chi connectivity index (χ1v) is 12.4. The van der Waals surface area contributed by atoms with E-state index in [0.29, 0.717) is 0 Å². The van der Waals surface area contributed by atoms with Crippen LogP contribution in [0.1, 0.15) is 130 Å². The number of unbranched alkanes of at least 4 members (excludes halogenated alkanes) is 14. The standard InChI is InChI=1S/C22H48N.C3H6O2/c1-5-7-9-11-13-15-17-19-21-23(3,4)22-20-18-16-14-12-10-8-6-2;1-2-3(4)5/h5-22H2,1-4H3;2H2,1H3,(H,4,5)/q+1;/p-1. The van der Waals surface area contributed by atoms with E-state index in [9.17, 15) is 9.90 Å². The van der Waals surface area contributed by atoms with Gasteiger partial charge in [0, 0.05) is 5.97 Å². The average molecular weight is 400 g/mol. The van der Waals surface area contributed by atoms with Gasteiger partial charge in [-0.15, -0.1) is 0 Å². The molecule has 0 aliphatic heterocycles. The molecule has 0 aliphatic rings. The molecule has 0 radical (unpaired) electrons. The van der Waals surface area contributed by atoms with Gasteiger partial charge in [0.1, 0.15) is 0 Å². The van der Waals surface area contributed by atoms with Gasteiger partial charge in [0.05, 0.1) is 27.2 Å². The van der Waals surface area contributed by atoms with Gasteiger partial charge in [0.25, 0.3) is 0 Å². The van der Waals surface area contributed by atoms with Gasteiger partial charge in [0.2, 0.25) is 0 Å². The molecule has 28 heavy (non-hydrogen) atoms. The first-order valence-electron chi connectivity index (χ1n) is 12.4. The molecule has 0 amide bonds. The molecule has 0 aliphatic carbocycles. The zero-order chi connectivity index (χ0) is 21.5. The molecular formula is C25H53NO2. The second kappa shape index (κ2) is 22.7. The molecule has 0 bridgehead atoms. The summed E-state index contributed by atoms with van der Waals surface area (Å²) in [5.41, 5.74) is 0. The lowest BCUT2D eigenvalue weighted by molar-refractivity contribution is -0.890. The number of rotatable bonds is 19. The predicted octanol–water partition coefficient (Wildman–Crippen LogP) is 6.49. The Morgan fingerprint density at radius 1 is 0.571 bits per heavy atom. The third kappa shape index (κ3) is 27.6. The zero-order valence-electron chi connectivity index (χ0n) is 20.2. The molecule has 0 spiro atoms. The van der Waals surface area contributed by atoms with Crippen molar-refractivity contribution in [1.82, 2.24) is 0 Å². The maximum Gasteiger partial charge on any atom is 0.0782 e.